The minimum atomic E-state index is -0.397. The Morgan fingerprint density at radius 2 is 1.68 bits per heavy atom. The molecular formula is C26H39BO4. The fourth-order valence-corrected chi connectivity index (χ4v) is 5.54. The molecule has 31 heavy (non-hydrogen) atoms. The van der Waals surface area contributed by atoms with Gasteiger partial charge in [-0.2, -0.15) is 0 Å². The van der Waals surface area contributed by atoms with Crippen LogP contribution in [0.1, 0.15) is 98.1 Å². The molecule has 1 aromatic rings. The Balaban J connectivity index is 1.42. The van der Waals surface area contributed by atoms with E-state index >= 15 is 0 Å². The number of hydrogen-bond acceptors (Lipinski definition) is 4. The number of rotatable bonds is 3. The molecule has 170 valence electrons. The van der Waals surface area contributed by atoms with E-state index in [4.69, 9.17) is 14.0 Å². The lowest BCUT2D eigenvalue weighted by Crippen LogP contribution is -2.41. The normalized spacial score (nSPS) is 29.3. The fourth-order valence-electron chi connectivity index (χ4n) is 5.54. The number of fused-ring (bicyclic) bond motifs is 2. The van der Waals surface area contributed by atoms with Crippen LogP contribution in [0, 0.1) is 5.92 Å². The quantitative estimate of drug-likeness (QED) is 0.499. The number of carbonyl (C=O) groups excluding carboxylic acids is 1. The highest BCUT2D eigenvalue weighted by Crippen LogP contribution is 2.50. The zero-order chi connectivity index (χ0) is 22.7. The summed E-state index contributed by atoms with van der Waals surface area (Å²) in [6.45, 7) is 14.2. The summed E-state index contributed by atoms with van der Waals surface area (Å²) >= 11 is 0. The molecule has 1 aliphatic heterocycles. The average Bonchev–Trinajstić information content (AvgIpc) is 3.09. The monoisotopic (exact) mass is 426 g/mol. The van der Waals surface area contributed by atoms with Gasteiger partial charge in [-0.15, -0.1) is 0 Å². The Morgan fingerprint density at radius 1 is 1.06 bits per heavy atom. The van der Waals surface area contributed by atoms with Crippen LogP contribution in [0.4, 0.5) is 0 Å². The SMILES string of the molecule is CC(C)(C)OC(=O)CC1CCC2(CCc3cc(B4OC(C)(C)C(C)(C)O4)ccc32)CC1. The minimum absolute atomic E-state index is 0.0488. The number of benzene rings is 1. The van der Waals surface area contributed by atoms with E-state index < -0.39 is 5.60 Å². The highest BCUT2D eigenvalue weighted by atomic mass is 16.7. The van der Waals surface area contributed by atoms with Gasteiger partial charge in [0.15, 0.2) is 0 Å². The summed E-state index contributed by atoms with van der Waals surface area (Å²) in [5.74, 6) is 0.404. The first-order valence-corrected chi connectivity index (χ1v) is 12.0. The van der Waals surface area contributed by atoms with Crippen LogP contribution in [0.15, 0.2) is 18.2 Å². The molecule has 3 aliphatic rings. The molecule has 0 amide bonds. The topological polar surface area (TPSA) is 44.8 Å². The molecule has 1 saturated heterocycles. The van der Waals surface area contributed by atoms with Gasteiger partial charge in [0.1, 0.15) is 5.60 Å². The van der Waals surface area contributed by atoms with Gasteiger partial charge in [-0.05, 0) is 115 Å². The molecule has 2 fully saturated rings. The zero-order valence-electron chi connectivity index (χ0n) is 20.5. The number of aryl methyl sites for hydroxylation is 1. The molecule has 1 spiro atoms. The van der Waals surface area contributed by atoms with Crippen molar-refractivity contribution in [2.45, 2.75) is 116 Å². The third-order valence-electron chi connectivity index (χ3n) is 8.04. The second-order valence-electron chi connectivity index (χ2n) is 12.0. The van der Waals surface area contributed by atoms with Crippen molar-refractivity contribution in [3.63, 3.8) is 0 Å². The van der Waals surface area contributed by atoms with E-state index in [1.54, 1.807) is 0 Å². The smallest absolute Gasteiger partial charge is 0.460 e. The van der Waals surface area contributed by atoms with Gasteiger partial charge in [-0.25, -0.2) is 0 Å². The Kier molecular flexibility index (Phi) is 5.62. The molecular weight excluding hydrogens is 387 g/mol. The van der Waals surface area contributed by atoms with Gasteiger partial charge in [0.05, 0.1) is 11.2 Å². The van der Waals surface area contributed by atoms with Gasteiger partial charge in [-0.1, -0.05) is 18.2 Å². The molecule has 0 aromatic heterocycles. The second-order valence-corrected chi connectivity index (χ2v) is 12.0. The second kappa shape index (κ2) is 7.62. The van der Waals surface area contributed by atoms with Crippen molar-refractivity contribution < 1.29 is 18.8 Å². The number of ether oxygens (including phenoxy) is 1. The van der Waals surface area contributed by atoms with Gasteiger partial charge in [-0.3, -0.25) is 4.79 Å². The summed E-state index contributed by atoms with van der Waals surface area (Å²) in [6.07, 6.45) is 7.46. The molecule has 1 heterocycles. The lowest BCUT2D eigenvalue weighted by Gasteiger charge is -2.38. The Hall–Kier alpha value is -1.33. The van der Waals surface area contributed by atoms with Crippen LogP contribution in [0.2, 0.25) is 0 Å². The molecule has 0 atom stereocenters. The summed E-state index contributed by atoms with van der Waals surface area (Å²) in [6, 6.07) is 6.86. The van der Waals surface area contributed by atoms with Crippen molar-refractivity contribution in [3.8, 4) is 0 Å². The Labute approximate surface area is 188 Å². The maximum atomic E-state index is 12.2. The van der Waals surface area contributed by atoms with Crippen LogP contribution in [0.5, 0.6) is 0 Å². The lowest BCUT2D eigenvalue weighted by molar-refractivity contribution is -0.156. The van der Waals surface area contributed by atoms with E-state index in [1.807, 2.05) is 20.8 Å². The first-order chi connectivity index (χ1) is 14.3. The van der Waals surface area contributed by atoms with Crippen LogP contribution in [-0.2, 0) is 30.7 Å². The summed E-state index contributed by atoms with van der Waals surface area (Å²) < 4.78 is 18.1. The standard InChI is InChI=1S/C26H39BO4/c1-23(2,3)29-22(28)16-18-10-13-26(14-11-18)15-12-19-17-20(8-9-21(19)26)27-30-24(4,5)25(6,7)31-27/h8-9,17-18H,10-16H2,1-7H3. The third kappa shape index (κ3) is 4.46. The lowest BCUT2D eigenvalue weighted by atomic mass is 9.66. The first-order valence-electron chi connectivity index (χ1n) is 12.0. The molecule has 0 unspecified atom stereocenters. The Bertz CT molecular complexity index is 827. The molecule has 1 saturated carbocycles. The van der Waals surface area contributed by atoms with Gasteiger partial charge >= 0.3 is 13.1 Å². The van der Waals surface area contributed by atoms with E-state index in [1.165, 1.54) is 30.4 Å². The van der Waals surface area contributed by atoms with E-state index in [-0.39, 0.29) is 29.7 Å². The molecule has 0 N–H and O–H groups in total. The van der Waals surface area contributed by atoms with Crippen molar-refractivity contribution in [1.29, 1.82) is 0 Å². The summed E-state index contributed by atoms with van der Waals surface area (Å²) in [5, 5.41) is 0. The first kappa shape index (κ1) is 22.9. The van der Waals surface area contributed by atoms with Crippen molar-refractivity contribution in [1.82, 2.24) is 0 Å². The zero-order valence-corrected chi connectivity index (χ0v) is 20.5. The largest absolute Gasteiger partial charge is 0.494 e. The summed E-state index contributed by atoms with van der Waals surface area (Å²) in [5.41, 5.74) is 3.37. The highest BCUT2D eigenvalue weighted by Gasteiger charge is 2.52. The maximum absolute atomic E-state index is 12.2. The van der Waals surface area contributed by atoms with Crippen LogP contribution in [0.3, 0.4) is 0 Å². The fraction of sp³-hybridized carbons (Fsp3) is 0.731. The van der Waals surface area contributed by atoms with E-state index in [0.29, 0.717) is 12.3 Å². The number of carbonyl (C=O) groups is 1. The van der Waals surface area contributed by atoms with Crippen LogP contribution < -0.4 is 5.46 Å². The summed E-state index contributed by atoms with van der Waals surface area (Å²) in [7, 11) is -0.295. The van der Waals surface area contributed by atoms with Crippen LogP contribution >= 0.6 is 0 Å². The number of esters is 1. The minimum Gasteiger partial charge on any atom is -0.460 e. The summed E-state index contributed by atoms with van der Waals surface area (Å²) in [4.78, 5) is 12.2. The van der Waals surface area contributed by atoms with Gasteiger partial charge < -0.3 is 14.0 Å². The van der Waals surface area contributed by atoms with Gasteiger partial charge in [0.25, 0.3) is 0 Å². The average molecular weight is 426 g/mol. The van der Waals surface area contributed by atoms with Crippen LogP contribution in [0.25, 0.3) is 0 Å². The number of hydrogen-bond donors (Lipinski definition) is 0. The van der Waals surface area contributed by atoms with Crippen molar-refractivity contribution in [2.75, 3.05) is 0 Å². The highest BCUT2D eigenvalue weighted by molar-refractivity contribution is 6.62. The molecule has 1 aromatic carbocycles. The van der Waals surface area contributed by atoms with Gasteiger partial charge in [0.2, 0.25) is 0 Å². The van der Waals surface area contributed by atoms with Crippen molar-refractivity contribution in [3.05, 3.63) is 29.3 Å². The molecule has 0 radical (unpaired) electrons. The van der Waals surface area contributed by atoms with Gasteiger partial charge in [0, 0.05) is 6.42 Å². The third-order valence-corrected chi connectivity index (χ3v) is 8.04. The molecule has 5 heteroatoms. The Morgan fingerprint density at radius 3 is 2.26 bits per heavy atom. The molecule has 0 bridgehead atoms. The molecule has 2 aliphatic carbocycles. The molecule has 4 nitrogen and oxygen atoms in total. The van der Waals surface area contributed by atoms with E-state index in [9.17, 15) is 4.79 Å². The van der Waals surface area contributed by atoms with Crippen molar-refractivity contribution >= 4 is 18.6 Å². The maximum Gasteiger partial charge on any atom is 0.494 e. The predicted molar refractivity (Wildman–Crippen MR) is 125 cm³/mol. The predicted octanol–water partition coefficient (Wildman–Crippen LogP) is 5.09. The molecule has 4 rings (SSSR count). The van der Waals surface area contributed by atoms with E-state index in [2.05, 4.69) is 45.9 Å². The van der Waals surface area contributed by atoms with E-state index in [0.717, 1.165) is 24.7 Å². The van der Waals surface area contributed by atoms with Crippen LogP contribution in [-0.4, -0.2) is 29.9 Å². The van der Waals surface area contributed by atoms with Crippen molar-refractivity contribution in [2.24, 2.45) is 5.92 Å².